The summed E-state index contributed by atoms with van der Waals surface area (Å²) in [7, 11) is 3.40. The minimum Gasteiger partial charge on any atom is -0.381 e. The molecule has 1 atom stereocenters. The SMILES string of the molecule is COC(C)C(=O)N(C)CC1CCOCC1. The van der Waals surface area contributed by atoms with E-state index >= 15 is 0 Å². The molecule has 1 saturated heterocycles. The van der Waals surface area contributed by atoms with Gasteiger partial charge in [-0.3, -0.25) is 4.79 Å². The Hall–Kier alpha value is -0.610. The van der Waals surface area contributed by atoms with Crippen LogP contribution in [0.15, 0.2) is 0 Å². The first-order valence-corrected chi connectivity index (χ1v) is 5.50. The molecule has 0 aromatic carbocycles. The molecule has 0 saturated carbocycles. The minimum absolute atomic E-state index is 0.0593. The van der Waals surface area contributed by atoms with Gasteiger partial charge in [0.1, 0.15) is 6.10 Å². The third-order valence-corrected chi connectivity index (χ3v) is 2.95. The van der Waals surface area contributed by atoms with E-state index in [1.807, 2.05) is 7.05 Å². The predicted molar refractivity (Wildman–Crippen MR) is 57.7 cm³/mol. The number of amides is 1. The Bertz CT molecular complexity index is 202. The van der Waals surface area contributed by atoms with Crippen LogP contribution in [-0.4, -0.2) is 50.8 Å². The third kappa shape index (κ3) is 3.80. The van der Waals surface area contributed by atoms with Crippen LogP contribution in [0.1, 0.15) is 19.8 Å². The summed E-state index contributed by atoms with van der Waals surface area (Å²) in [5.41, 5.74) is 0. The summed E-state index contributed by atoms with van der Waals surface area (Å²) in [4.78, 5) is 13.5. The molecule has 1 fully saturated rings. The van der Waals surface area contributed by atoms with Gasteiger partial charge >= 0.3 is 0 Å². The Morgan fingerprint density at radius 1 is 1.53 bits per heavy atom. The Morgan fingerprint density at radius 3 is 2.67 bits per heavy atom. The molecule has 1 aliphatic rings. The molecule has 4 nitrogen and oxygen atoms in total. The van der Waals surface area contributed by atoms with E-state index in [0.717, 1.165) is 32.6 Å². The van der Waals surface area contributed by atoms with Gasteiger partial charge in [-0.25, -0.2) is 0 Å². The highest BCUT2D eigenvalue weighted by Crippen LogP contribution is 2.15. The van der Waals surface area contributed by atoms with Crippen LogP contribution in [0, 0.1) is 5.92 Å². The summed E-state index contributed by atoms with van der Waals surface area (Å²) < 4.78 is 10.3. The number of likely N-dealkylation sites (N-methyl/N-ethyl adjacent to an activating group) is 1. The lowest BCUT2D eigenvalue weighted by Gasteiger charge is -2.28. The summed E-state index contributed by atoms with van der Waals surface area (Å²) in [5.74, 6) is 0.640. The molecule has 1 aliphatic heterocycles. The largest absolute Gasteiger partial charge is 0.381 e. The van der Waals surface area contributed by atoms with Crippen molar-refractivity contribution < 1.29 is 14.3 Å². The first-order valence-electron chi connectivity index (χ1n) is 5.50. The van der Waals surface area contributed by atoms with Crippen LogP contribution in [0.5, 0.6) is 0 Å². The van der Waals surface area contributed by atoms with E-state index in [9.17, 15) is 4.79 Å². The smallest absolute Gasteiger partial charge is 0.251 e. The lowest BCUT2D eigenvalue weighted by Crippen LogP contribution is -2.39. The molecule has 88 valence electrons. The van der Waals surface area contributed by atoms with Gasteiger partial charge in [-0.15, -0.1) is 0 Å². The molecule has 0 radical (unpaired) electrons. The molecule has 1 unspecified atom stereocenters. The van der Waals surface area contributed by atoms with Crippen LogP contribution >= 0.6 is 0 Å². The van der Waals surface area contributed by atoms with Gasteiger partial charge < -0.3 is 14.4 Å². The zero-order chi connectivity index (χ0) is 11.3. The normalized spacial score (nSPS) is 19.9. The molecule has 1 rings (SSSR count). The average Bonchev–Trinajstić information content (AvgIpc) is 2.28. The average molecular weight is 215 g/mol. The van der Waals surface area contributed by atoms with E-state index in [-0.39, 0.29) is 12.0 Å². The van der Waals surface area contributed by atoms with Gasteiger partial charge in [0.25, 0.3) is 5.91 Å². The zero-order valence-corrected chi connectivity index (χ0v) is 9.86. The number of methoxy groups -OCH3 is 1. The topological polar surface area (TPSA) is 38.8 Å². The minimum atomic E-state index is -0.338. The first kappa shape index (κ1) is 12.5. The quantitative estimate of drug-likeness (QED) is 0.699. The van der Waals surface area contributed by atoms with Gasteiger partial charge in [0, 0.05) is 33.9 Å². The fraction of sp³-hybridized carbons (Fsp3) is 0.909. The Labute approximate surface area is 91.5 Å². The van der Waals surface area contributed by atoms with E-state index in [1.165, 1.54) is 0 Å². The van der Waals surface area contributed by atoms with Gasteiger partial charge in [0.2, 0.25) is 0 Å². The highest BCUT2D eigenvalue weighted by molar-refractivity contribution is 5.80. The highest BCUT2D eigenvalue weighted by Gasteiger charge is 2.21. The number of nitrogens with zero attached hydrogens (tertiary/aromatic N) is 1. The molecule has 0 N–H and O–H groups in total. The summed E-state index contributed by atoms with van der Waals surface area (Å²) in [6, 6.07) is 0. The van der Waals surface area contributed by atoms with E-state index in [4.69, 9.17) is 9.47 Å². The van der Waals surface area contributed by atoms with Gasteiger partial charge in [0.15, 0.2) is 0 Å². The third-order valence-electron chi connectivity index (χ3n) is 2.95. The van der Waals surface area contributed by atoms with E-state index in [0.29, 0.717) is 5.92 Å². The molecule has 0 bridgehead atoms. The molecule has 0 aliphatic carbocycles. The van der Waals surface area contributed by atoms with Crippen LogP contribution in [0.4, 0.5) is 0 Å². The molecular formula is C11H21NO3. The molecule has 1 amide bonds. The number of hydrogen-bond acceptors (Lipinski definition) is 3. The van der Waals surface area contributed by atoms with Crippen molar-refractivity contribution in [2.24, 2.45) is 5.92 Å². The van der Waals surface area contributed by atoms with Crippen molar-refractivity contribution in [3.05, 3.63) is 0 Å². The number of rotatable bonds is 4. The summed E-state index contributed by atoms with van der Waals surface area (Å²) in [6.07, 6.45) is 1.77. The fourth-order valence-electron chi connectivity index (χ4n) is 1.82. The lowest BCUT2D eigenvalue weighted by molar-refractivity contribution is -0.140. The van der Waals surface area contributed by atoms with Crippen LogP contribution in [0.2, 0.25) is 0 Å². The van der Waals surface area contributed by atoms with Crippen molar-refractivity contribution >= 4 is 5.91 Å². The van der Waals surface area contributed by atoms with E-state index < -0.39 is 0 Å². The van der Waals surface area contributed by atoms with Crippen molar-refractivity contribution in [2.45, 2.75) is 25.9 Å². The second-order valence-electron chi connectivity index (χ2n) is 4.15. The van der Waals surface area contributed by atoms with Crippen molar-refractivity contribution in [1.82, 2.24) is 4.90 Å². The second-order valence-corrected chi connectivity index (χ2v) is 4.15. The van der Waals surface area contributed by atoms with E-state index in [2.05, 4.69) is 0 Å². The first-order chi connectivity index (χ1) is 7.15. The van der Waals surface area contributed by atoms with Crippen molar-refractivity contribution in [2.75, 3.05) is 33.9 Å². The molecule has 15 heavy (non-hydrogen) atoms. The maximum Gasteiger partial charge on any atom is 0.251 e. The highest BCUT2D eigenvalue weighted by atomic mass is 16.5. The maximum absolute atomic E-state index is 11.7. The number of carbonyl (C=O) groups excluding carboxylic acids is 1. The lowest BCUT2D eigenvalue weighted by atomic mass is 10.00. The summed E-state index contributed by atoms with van der Waals surface area (Å²) in [5, 5.41) is 0. The van der Waals surface area contributed by atoms with Gasteiger partial charge in [-0.05, 0) is 25.7 Å². The van der Waals surface area contributed by atoms with Gasteiger partial charge in [-0.1, -0.05) is 0 Å². The van der Waals surface area contributed by atoms with Crippen LogP contribution in [0.3, 0.4) is 0 Å². The second kappa shape index (κ2) is 6.08. The molecule has 0 spiro atoms. The van der Waals surface area contributed by atoms with Crippen LogP contribution in [0.25, 0.3) is 0 Å². The number of carbonyl (C=O) groups is 1. The van der Waals surface area contributed by atoms with Gasteiger partial charge in [-0.2, -0.15) is 0 Å². The molecule has 0 aromatic rings. The number of hydrogen-bond donors (Lipinski definition) is 0. The van der Waals surface area contributed by atoms with E-state index in [1.54, 1.807) is 18.9 Å². The number of ether oxygens (including phenoxy) is 2. The monoisotopic (exact) mass is 215 g/mol. The Balaban J connectivity index is 2.33. The molecule has 4 heteroatoms. The zero-order valence-electron chi connectivity index (χ0n) is 9.86. The maximum atomic E-state index is 11.7. The van der Waals surface area contributed by atoms with Crippen molar-refractivity contribution in [3.63, 3.8) is 0 Å². The van der Waals surface area contributed by atoms with Crippen molar-refractivity contribution in [1.29, 1.82) is 0 Å². The summed E-state index contributed by atoms with van der Waals surface area (Å²) in [6.45, 7) is 4.25. The predicted octanol–water partition coefficient (Wildman–Crippen LogP) is 0.906. The Kier molecular flexibility index (Phi) is 5.05. The molecule has 1 heterocycles. The fourth-order valence-corrected chi connectivity index (χ4v) is 1.82. The van der Waals surface area contributed by atoms with Crippen molar-refractivity contribution in [3.8, 4) is 0 Å². The van der Waals surface area contributed by atoms with Crippen LogP contribution in [-0.2, 0) is 14.3 Å². The van der Waals surface area contributed by atoms with Gasteiger partial charge in [0.05, 0.1) is 0 Å². The molecular weight excluding hydrogens is 194 g/mol. The summed E-state index contributed by atoms with van der Waals surface area (Å²) >= 11 is 0. The Morgan fingerprint density at radius 2 is 2.13 bits per heavy atom. The molecule has 0 aromatic heterocycles. The van der Waals surface area contributed by atoms with Crippen LogP contribution < -0.4 is 0 Å². The standard InChI is InChI=1S/C11H21NO3/c1-9(14-3)11(13)12(2)8-10-4-6-15-7-5-10/h9-10H,4-8H2,1-3H3.